The van der Waals surface area contributed by atoms with E-state index in [-0.39, 0.29) is 11.7 Å². The second-order valence-corrected chi connectivity index (χ2v) is 7.05. The average Bonchev–Trinajstić information content (AvgIpc) is 2.53. The molecule has 2 rings (SSSR count). The van der Waals surface area contributed by atoms with Gasteiger partial charge < -0.3 is 14.4 Å². The summed E-state index contributed by atoms with van der Waals surface area (Å²) in [6.07, 6.45) is -0.305. The first-order chi connectivity index (χ1) is 11.7. The van der Waals surface area contributed by atoms with E-state index in [0.29, 0.717) is 32.7 Å². The number of halogens is 1. The third-order valence-electron chi connectivity index (χ3n) is 3.87. The summed E-state index contributed by atoms with van der Waals surface area (Å²) < 4.78 is 23.9. The number of piperazine rings is 1. The molecule has 0 aliphatic carbocycles. The number of benzene rings is 1. The van der Waals surface area contributed by atoms with Gasteiger partial charge in [-0.2, -0.15) is 0 Å². The summed E-state index contributed by atoms with van der Waals surface area (Å²) in [4.78, 5) is 27.3. The lowest BCUT2D eigenvalue weighted by Gasteiger charge is -2.35. The molecule has 7 heteroatoms. The smallest absolute Gasteiger partial charge is 0.410 e. The molecule has 0 atom stereocenters. The molecule has 1 fully saturated rings. The molecule has 1 amide bonds. The Hall–Kier alpha value is -2.15. The second kappa shape index (κ2) is 7.82. The molecular formula is C18H25FN2O4. The summed E-state index contributed by atoms with van der Waals surface area (Å²) in [7, 11) is 1.22. The Labute approximate surface area is 147 Å². The normalized spacial score (nSPS) is 15.8. The fourth-order valence-electron chi connectivity index (χ4n) is 2.61. The van der Waals surface area contributed by atoms with Crippen molar-refractivity contribution in [1.29, 1.82) is 0 Å². The fraction of sp³-hybridized carbons (Fsp3) is 0.556. The number of carbonyl (C=O) groups excluding carboxylic acids is 2. The fourth-order valence-corrected chi connectivity index (χ4v) is 2.61. The molecular weight excluding hydrogens is 327 g/mol. The van der Waals surface area contributed by atoms with Crippen molar-refractivity contribution < 1.29 is 23.5 Å². The number of esters is 1. The van der Waals surface area contributed by atoms with Crippen LogP contribution in [-0.4, -0.2) is 60.8 Å². The Balaban J connectivity index is 1.89. The van der Waals surface area contributed by atoms with Crippen LogP contribution >= 0.6 is 0 Å². The van der Waals surface area contributed by atoms with Gasteiger partial charge in [-0.3, -0.25) is 4.90 Å². The lowest BCUT2D eigenvalue weighted by molar-refractivity contribution is 0.0139. The van der Waals surface area contributed by atoms with Crippen LogP contribution in [0, 0.1) is 5.82 Å². The highest BCUT2D eigenvalue weighted by Crippen LogP contribution is 2.16. The first-order valence-corrected chi connectivity index (χ1v) is 8.26. The Morgan fingerprint density at radius 2 is 1.80 bits per heavy atom. The molecule has 1 saturated heterocycles. The van der Waals surface area contributed by atoms with Gasteiger partial charge >= 0.3 is 12.1 Å². The van der Waals surface area contributed by atoms with E-state index < -0.39 is 17.4 Å². The summed E-state index contributed by atoms with van der Waals surface area (Å²) in [5, 5.41) is 0. The molecule has 0 N–H and O–H groups in total. The molecule has 0 radical (unpaired) electrons. The minimum Gasteiger partial charge on any atom is -0.465 e. The van der Waals surface area contributed by atoms with Gasteiger partial charge in [-0.05, 0) is 38.5 Å². The summed E-state index contributed by atoms with van der Waals surface area (Å²) in [5.41, 5.74) is 0.199. The highest BCUT2D eigenvalue weighted by Gasteiger charge is 2.26. The maximum Gasteiger partial charge on any atom is 0.410 e. The largest absolute Gasteiger partial charge is 0.465 e. The van der Waals surface area contributed by atoms with Crippen molar-refractivity contribution >= 4 is 12.1 Å². The van der Waals surface area contributed by atoms with Crippen molar-refractivity contribution in [1.82, 2.24) is 9.80 Å². The second-order valence-electron chi connectivity index (χ2n) is 7.05. The monoisotopic (exact) mass is 352 g/mol. The minimum atomic E-state index is -0.685. The molecule has 1 heterocycles. The van der Waals surface area contributed by atoms with Crippen molar-refractivity contribution in [3.05, 3.63) is 35.1 Å². The van der Waals surface area contributed by atoms with Crippen molar-refractivity contribution in [2.45, 2.75) is 32.9 Å². The van der Waals surface area contributed by atoms with Gasteiger partial charge in [0, 0.05) is 32.7 Å². The molecule has 0 saturated carbocycles. The first-order valence-electron chi connectivity index (χ1n) is 8.26. The van der Waals surface area contributed by atoms with E-state index in [1.54, 1.807) is 11.0 Å². The standard InChI is InChI=1S/C18H25FN2O4/c1-18(2,3)25-17(23)21-9-7-20(8-10-21)12-13-5-6-14(15(19)11-13)16(22)24-4/h5-6,11H,7-10,12H2,1-4H3. The Bertz CT molecular complexity index is 634. The average molecular weight is 352 g/mol. The van der Waals surface area contributed by atoms with Crippen LogP contribution in [0.25, 0.3) is 0 Å². The van der Waals surface area contributed by atoms with E-state index in [0.717, 1.165) is 5.56 Å². The summed E-state index contributed by atoms with van der Waals surface area (Å²) in [6, 6.07) is 4.51. The van der Waals surface area contributed by atoms with Gasteiger partial charge in [0.05, 0.1) is 12.7 Å². The third-order valence-corrected chi connectivity index (χ3v) is 3.87. The van der Waals surface area contributed by atoms with Crippen LogP contribution in [0.4, 0.5) is 9.18 Å². The molecule has 1 aliphatic rings. The Kier molecular flexibility index (Phi) is 6.00. The van der Waals surface area contributed by atoms with Crippen LogP contribution < -0.4 is 0 Å². The van der Waals surface area contributed by atoms with E-state index in [1.807, 2.05) is 20.8 Å². The van der Waals surface area contributed by atoms with E-state index in [1.165, 1.54) is 19.2 Å². The van der Waals surface area contributed by atoms with Crippen LogP contribution in [0.5, 0.6) is 0 Å². The number of methoxy groups -OCH3 is 1. The molecule has 0 aromatic heterocycles. The molecule has 0 bridgehead atoms. The van der Waals surface area contributed by atoms with Gasteiger partial charge in [-0.25, -0.2) is 14.0 Å². The molecule has 25 heavy (non-hydrogen) atoms. The number of amides is 1. The van der Waals surface area contributed by atoms with Gasteiger partial charge in [0.1, 0.15) is 11.4 Å². The number of rotatable bonds is 3. The summed E-state index contributed by atoms with van der Waals surface area (Å²) >= 11 is 0. The zero-order chi connectivity index (χ0) is 18.6. The van der Waals surface area contributed by atoms with Gasteiger partial charge in [0.25, 0.3) is 0 Å². The molecule has 138 valence electrons. The highest BCUT2D eigenvalue weighted by molar-refractivity contribution is 5.89. The number of nitrogens with zero attached hydrogens (tertiary/aromatic N) is 2. The van der Waals surface area contributed by atoms with Crippen LogP contribution in [0.3, 0.4) is 0 Å². The molecule has 1 aromatic carbocycles. The maximum absolute atomic E-state index is 14.0. The quantitative estimate of drug-likeness (QED) is 0.783. The topological polar surface area (TPSA) is 59.1 Å². The molecule has 1 aromatic rings. The Morgan fingerprint density at radius 1 is 1.16 bits per heavy atom. The van der Waals surface area contributed by atoms with E-state index >= 15 is 0 Å². The van der Waals surface area contributed by atoms with E-state index in [9.17, 15) is 14.0 Å². The van der Waals surface area contributed by atoms with Crippen LogP contribution in [0.1, 0.15) is 36.7 Å². The number of ether oxygens (including phenoxy) is 2. The SMILES string of the molecule is COC(=O)c1ccc(CN2CCN(C(=O)OC(C)(C)C)CC2)cc1F. The number of carbonyl (C=O) groups is 2. The maximum atomic E-state index is 14.0. The van der Waals surface area contributed by atoms with Gasteiger partial charge in [-0.15, -0.1) is 0 Å². The van der Waals surface area contributed by atoms with Crippen LogP contribution in [0.15, 0.2) is 18.2 Å². The number of hydrogen-bond acceptors (Lipinski definition) is 5. The third kappa shape index (κ3) is 5.42. The van der Waals surface area contributed by atoms with Gasteiger partial charge in [-0.1, -0.05) is 6.07 Å². The lowest BCUT2D eigenvalue weighted by Crippen LogP contribution is -2.49. The van der Waals surface area contributed by atoms with Crippen molar-refractivity contribution in [2.24, 2.45) is 0 Å². The Morgan fingerprint density at radius 3 is 2.32 bits per heavy atom. The van der Waals surface area contributed by atoms with Gasteiger partial charge in [0.2, 0.25) is 0 Å². The van der Waals surface area contributed by atoms with Crippen molar-refractivity contribution in [3.8, 4) is 0 Å². The minimum absolute atomic E-state index is 0.0685. The highest BCUT2D eigenvalue weighted by atomic mass is 19.1. The van der Waals surface area contributed by atoms with Crippen LogP contribution in [0.2, 0.25) is 0 Å². The van der Waals surface area contributed by atoms with Gasteiger partial charge in [0.15, 0.2) is 0 Å². The summed E-state index contributed by atoms with van der Waals surface area (Å²) in [6.45, 7) is 8.57. The molecule has 0 unspecified atom stereocenters. The zero-order valence-corrected chi connectivity index (χ0v) is 15.2. The number of hydrogen-bond donors (Lipinski definition) is 0. The van der Waals surface area contributed by atoms with Crippen molar-refractivity contribution in [3.63, 3.8) is 0 Å². The predicted octanol–water partition coefficient (Wildman–Crippen LogP) is 2.67. The van der Waals surface area contributed by atoms with E-state index in [2.05, 4.69) is 9.64 Å². The zero-order valence-electron chi connectivity index (χ0n) is 15.2. The predicted molar refractivity (Wildman–Crippen MR) is 90.8 cm³/mol. The molecule has 6 nitrogen and oxygen atoms in total. The van der Waals surface area contributed by atoms with Crippen molar-refractivity contribution in [2.75, 3.05) is 33.3 Å². The van der Waals surface area contributed by atoms with Crippen LogP contribution in [-0.2, 0) is 16.0 Å². The molecule has 1 aliphatic heterocycles. The first kappa shape index (κ1) is 19.2. The molecule has 0 spiro atoms. The van der Waals surface area contributed by atoms with E-state index in [4.69, 9.17) is 4.74 Å². The lowest BCUT2D eigenvalue weighted by atomic mass is 10.1. The summed E-state index contributed by atoms with van der Waals surface area (Å²) in [5.74, 6) is -1.27.